The molecule has 2 heterocycles. The summed E-state index contributed by atoms with van der Waals surface area (Å²) < 4.78 is 0. The van der Waals surface area contributed by atoms with Gasteiger partial charge in [0.05, 0.1) is 0 Å². The number of amides is 1. The lowest BCUT2D eigenvalue weighted by molar-refractivity contribution is 0.0954. The van der Waals surface area contributed by atoms with Gasteiger partial charge in [0.2, 0.25) is 0 Å². The molecule has 1 aromatic carbocycles. The van der Waals surface area contributed by atoms with Crippen molar-refractivity contribution in [3.8, 4) is 0 Å². The first-order valence-electron chi connectivity index (χ1n) is 8.72. The molecule has 0 unspecified atom stereocenters. The highest BCUT2D eigenvalue weighted by molar-refractivity contribution is 5.95. The molecule has 0 spiro atoms. The fraction of sp³-hybridized carbons (Fsp3) is 0.200. The van der Waals surface area contributed by atoms with Gasteiger partial charge in [-0.3, -0.25) is 9.78 Å². The summed E-state index contributed by atoms with van der Waals surface area (Å²) in [7, 11) is 0. The van der Waals surface area contributed by atoms with E-state index >= 15 is 0 Å². The Morgan fingerprint density at radius 2 is 1.67 bits per heavy atom. The van der Waals surface area contributed by atoms with E-state index in [2.05, 4.69) is 31.1 Å². The summed E-state index contributed by atoms with van der Waals surface area (Å²) in [6, 6.07) is 13.2. The molecular formula is C20H22N6O. The Balaban J connectivity index is 1.44. The molecule has 0 atom stereocenters. The Morgan fingerprint density at radius 3 is 2.37 bits per heavy atom. The van der Waals surface area contributed by atoms with Crippen molar-refractivity contribution in [3.63, 3.8) is 0 Å². The minimum Gasteiger partial charge on any atom is -0.367 e. The molecule has 3 rings (SSSR count). The third-order valence-corrected chi connectivity index (χ3v) is 3.96. The lowest BCUT2D eigenvalue weighted by atomic mass is 10.1. The first-order valence-corrected chi connectivity index (χ1v) is 8.72. The molecule has 27 heavy (non-hydrogen) atoms. The van der Waals surface area contributed by atoms with Crippen LogP contribution in [-0.2, 0) is 0 Å². The quantitative estimate of drug-likeness (QED) is 0.560. The second-order valence-electron chi connectivity index (χ2n) is 6.17. The summed E-state index contributed by atoms with van der Waals surface area (Å²) in [5.74, 6) is 1.23. The number of pyridine rings is 1. The number of hydrogen-bond donors (Lipinski definition) is 3. The maximum atomic E-state index is 12.2. The van der Waals surface area contributed by atoms with Crippen LogP contribution in [0.2, 0.25) is 0 Å². The van der Waals surface area contributed by atoms with E-state index in [1.54, 1.807) is 12.4 Å². The molecule has 0 saturated heterocycles. The van der Waals surface area contributed by atoms with Crippen molar-refractivity contribution in [2.45, 2.75) is 13.8 Å². The molecule has 7 heteroatoms. The van der Waals surface area contributed by atoms with Crippen LogP contribution in [0.3, 0.4) is 0 Å². The van der Waals surface area contributed by atoms with Gasteiger partial charge in [-0.1, -0.05) is 17.7 Å². The van der Waals surface area contributed by atoms with E-state index in [0.29, 0.717) is 30.3 Å². The summed E-state index contributed by atoms with van der Waals surface area (Å²) in [5, 5.41) is 17.4. The highest BCUT2D eigenvalue weighted by Gasteiger charge is 2.08. The fourth-order valence-electron chi connectivity index (χ4n) is 2.61. The van der Waals surface area contributed by atoms with Crippen LogP contribution in [0.4, 0.5) is 17.3 Å². The van der Waals surface area contributed by atoms with E-state index in [4.69, 9.17) is 0 Å². The zero-order valence-corrected chi connectivity index (χ0v) is 15.4. The van der Waals surface area contributed by atoms with Crippen molar-refractivity contribution < 1.29 is 4.79 Å². The summed E-state index contributed by atoms with van der Waals surface area (Å²) in [5.41, 5.74) is 3.72. The predicted molar refractivity (Wildman–Crippen MR) is 106 cm³/mol. The number of nitrogens with one attached hydrogen (secondary N) is 3. The zero-order chi connectivity index (χ0) is 19.1. The number of aryl methyl sites for hydroxylation is 2. The van der Waals surface area contributed by atoms with Gasteiger partial charge in [-0.05, 0) is 49.7 Å². The van der Waals surface area contributed by atoms with E-state index in [9.17, 15) is 4.79 Å². The lowest BCUT2D eigenvalue weighted by Gasteiger charge is -2.10. The third kappa shape index (κ3) is 5.24. The molecule has 138 valence electrons. The van der Waals surface area contributed by atoms with Gasteiger partial charge in [0.15, 0.2) is 5.82 Å². The van der Waals surface area contributed by atoms with E-state index in [1.165, 1.54) is 0 Å². The van der Waals surface area contributed by atoms with Crippen molar-refractivity contribution in [3.05, 3.63) is 71.5 Å². The van der Waals surface area contributed by atoms with E-state index in [1.807, 2.05) is 56.3 Å². The summed E-state index contributed by atoms with van der Waals surface area (Å²) >= 11 is 0. The van der Waals surface area contributed by atoms with Crippen molar-refractivity contribution in [1.82, 2.24) is 20.5 Å². The molecule has 0 aliphatic carbocycles. The fourth-order valence-corrected chi connectivity index (χ4v) is 2.61. The molecule has 0 aliphatic heterocycles. The monoisotopic (exact) mass is 362 g/mol. The SMILES string of the molecule is Cc1ccc(C(=O)NCCNc2ccc(Nc3ccncc3)nn2)c(C)c1. The normalized spacial score (nSPS) is 10.3. The maximum Gasteiger partial charge on any atom is 0.251 e. The molecule has 2 aromatic heterocycles. The lowest BCUT2D eigenvalue weighted by Crippen LogP contribution is -2.29. The number of rotatable bonds is 7. The largest absolute Gasteiger partial charge is 0.367 e. The number of carbonyl (C=O) groups is 1. The Bertz CT molecular complexity index is 896. The van der Waals surface area contributed by atoms with Gasteiger partial charge < -0.3 is 16.0 Å². The summed E-state index contributed by atoms with van der Waals surface area (Å²) in [4.78, 5) is 16.2. The average Bonchev–Trinajstić information content (AvgIpc) is 2.67. The standard InChI is InChI=1S/C20H22N6O/c1-14-3-4-17(15(2)13-14)20(27)23-12-11-22-18-5-6-19(26-25-18)24-16-7-9-21-10-8-16/h3-10,13H,11-12H2,1-2H3,(H,22,25)(H,23,27)(H,21,24,26). The number of anilines is 3. The zero-order valence-electron chi connectivity index (χ0n) is 15.4. The van der Waals surface area contributed by atoms with Gasteiger partial charge in [0.1, 0.15) is 5.82 Å². The van der Waals surface area contributed by atoms with Gasteiger partial charge in [0, 0.05) is 36.7 Å². The van der Waals surface area contributed by atoms with E-state index in [-0.39, 0.29) is 5.91 Å². The molecular weight excluding hydrogens is 340 g/mol. The minimum atomic E-state index is -0.0720. The first-order chi connectivity index (χ1) is 13.1. The molecule has 3 aromatic rings. The summed E-state index contributed by atoms with van der Waals surface area (Å²) in [6.45, 7) is 5.00. The third-order valence-electron chi connectivity index (χ3n) is 3.96. The topological polar surface area (TPSA) is 91.8 Å². The Labute approximate surface area is 158 Å². The number of aromatic nitrogens is 3. The number of carbonyl (C=O) groups excluding carboxylic acids is 1. The van der Waals surface area contributed by atoms with Crippen LogP contribution < -0.4 is 16.0 Å². The van der Waals surface area contributed by atoms with Crippen LogP contribution in [0.15, 0.2) is 54.9 Å². The van der Waals surface area contributed by atoms with Crippen molar-refractivity contribution in [2.24, 2.45) is 0 Å². The summed E-state index contributed by atoms with van der Waals surface area (Å²) in [6.07, 6.45) is 3.41. The Hall–Kier alpha value is -3.48. The molecule has 1 amide bonds. The second-order valence-corrected chi connectivity index (χ2v) is 6.17. The van der Waals surface area contributed by atoms with E-state index in [0.717, 1.165) is 16.8 Å². The highest BCUT2D eigenvalue weighted by Crippen LogP contribution is 2.13. The van der Waals surface area contributed by atoms with Crippen molar-refractivity contribution in [2.75, 3.05) is 23.7 Å². The molecule has 0 radical (unpaired) electrons. The highest BCUT2D eigenvalue weighted by atomic mass is 16.1. The number of benzene rings is 1. The average molecular weight is 362 g/mol. The smallest absolute Gasteiger partial charge is 0.251 e. The van der Waals surface area contributed by atoms with Crippen molar-refractivity contribution in [1.29, 1.82) is 0 Å². The van der Waals surface area contributed by atoms with Crippen LogP contribution in [0.5, 0.6) is 0 Å². The van der Waals surface area contributed by atoms with Crippen LogP contribution in [-0.4, -0.2) is 34.2 Å². The molecule has 7 nitrogen and oxygen atoms in total. The van der Waals surface area contributed by atoms with Crippen LogP contribution in [0.1, 0.15) is 21.5 Å². The molecule has 0 fully saturated rings. The minimum absolute atomic E-state index is 0.0720. The second kappa shape index (κ2) is 8.75. The van der Waals surface area contributed by atoms with Crippen LogP contribution in [0.25, 0.3) is 0 Å². The Kier molecular flexibility index (Phi) is 5.94. The molecule has 0 saturated carbocycles. The van der Waals surface area contributed by atoms with Crippen LogP contribution in [0, 0.1) is 13.8 Å². The van der Waals surface area contributed by atoms with Gasteiger partial charge in [0.25, 0.3) is 5.91 Å². The van der Waals surface area contributed by atoms with Gasteiger partial charge in [-0.25, -0.2) is 0 Å². The van der Waals surface area contributed by atoms with Gasteiger partial charge in [-0.15, -0.1) is 10.2 Å². The maximum absolute atomic E-state index is 12.2. The molecule has 0 aliphatic rings. The van der Waals surface area contributed by atoms with Gasteiger partial charge in [-0.2, -0.15) is 0 Å². The van der Waals surface area contributed by atoms with E-state index < -0.39 is 0 Å². The first kappa shape index (κ1) is 18.3. The van der Waals surface area contributed by atoms with Gasteiger partial charge >= 0.3 is 0 Å². The number of hydrogen-bond acceptors (Lipinski definition) is 6. The molecule has 3 N–H and O–H groups in total. The van der Waals surface area contributed by atoms with Crippen molar-refractivity contribution >= 4 is 23.2 Å². The molecule has 0 bridgehead atoms. The predicted octanol–water partition coefficient (Wildman–Crippen LogP) is 3.07. The van der Waals surface area contributed by atoms with Crippen LogP contribution >= 0.6 is 0 Å². The Morgan fingerprint density at radius 1 is 0.926 bits per heavy atom. The number of nitrogens with zero attached hydrogens (tertiary/aromatic N) is 3.